The molecule has 0 bridgehead atoms. The molecule has 3 heterocycles. The van der Waals surface area contributed by atoms with Crippen molar-refractivity contribution in [2.24, 2.45) is 0 Å². The van der Waals surface area contributed by atoms with E-state index in [0.717, 1.165) is 23.3 Å². The summed E-state index contributed by atoms with van der Waals surface area (Å²) in [5, 5.41) is 16.9. The Bertz CT molecular complexity index is 1080. The molecular formula is C19H19N3O5S2. The molecule has 8 nitrogen and oxygen atoms in total. The molecule has 1 saturated carbocycles. The Hall–Kier alpha value is -2.33. The van der Waals surface area contributed by atoms with Gasteiger partial charge < -0.3 is 14.9 Å². The molecule has 10 heteroatoms. The van der Waals surface area contributed by atoms with Crippen molar-refractivity contribution in [3.05, 3.63) is 27.4 Å². The molecule has 2 aromatic rings. The molecule has 2 N–H and O–H groups in total. The van der Waals surface area contributed by atoms with Crippen LogP contribution in [-0.4, -0.2) is 37.1 Å². The van der Waals surface area contributed by atoms with E-state index in [1.807, 2.05) is 0 Å². The minimum absolute atomic E-state index is 0.181. The van der Waals surface area contributed by atoms with Crippen LogP contribution in [0.15, 0.2) is 15.7 Å². The number of anilines is 1. The Morgan fingerprint density at radius 2 is 2.00 bits per heavy atom. The first-order valence-corrected chi connectivity index (χ1v) is 11.9. The van der Waals surface area contributed by atoms with Crippen LogP contribution < -0.4 is 5.32 Å². The maximum Gasteiger partial charge on any atom is 0.332 e. The zero-order chi connectivity index (χ0) is 20.1. The molecule has 1 amide bonds. The third-order valence-electron chi connectivity index (χ3n) is 5.54. The molecular weight excluding hydrogens is 414 g/mol. The van der Waals surface area contributed by atoms with E-state index in [9.17, 15) is 18.9 Å². The second-order valence-electron chi connectivity index (χ2n) is 7.55. The average molecular weight is 434 g/mol. The molecule has 2 aromatic heterocycles. The van der Waals surface area contributed by atoms with Crippen LogP contribution in [-0.2, 0) is 32.6 Å². The first-order valence-electron chi connectivity index (χ1n) is 9.61. The highest BCUT2D eigenvalue weighted by Crippen LogP contribution is 2.45. The van der Waals surface area contributed by atoms with Gasteiger partial charge >= 0.3 is 5.97 Å². The van der Waals surface area contributed by atoms with Crippen molar-refractivity contribution in [2.75, 3.05) is 11.1 Å². The van der Waals surface area contributed by atoms with E-state index in [-0.39, 0.29) is 5.57 Å². The maximum absolute atomic E-state index is 12.9. The SMILES string of the molecule is O=C(O)C1=C(C(=O)Nc2sc3c(c2-c2nc(C4CC4)no2)CCS(=O)C3)CCC1. The first kappa shape index (κ1) is 18.7. The van der Waals surface area contributed by atoms with Gasteiger partial charge in [-0.3, -0.25) is 9.00 Å². The lowest BCUT2D eigenvalue weighted by atomic mass is 10.1. The van der Waals surface area contributed by atoms with E-state index in [1.165, 1.54) is 11.3 Å². The lowest BCUT2D eigenvalue weighted by Gasteiger charge is -2.11. The van der Waals surface area contributed by atoms with Crippen LogP contribution in [0.3, 0.4) is 0 Å². The van der Waals surface area contributed by atoms with E-state index in [1.54, 1.807) is 0 Å². The van der Waals surface area contributed by atoms with Crippen LogP contribution in [0.25, 0.3) is 11.5 Å². The standard InChI is InChI=1S/C19H19N3O5S2/c23-16(10-2-1-3-11(10)19(24)25)21-18-14(12-6-7-29(26)8-13(12)28-18)17-20-15(22-27-17)9-4-5-9/h9H,1-8H2,(H,21,23)(H,24,25). The molecule has 1 aliphatic heterocycles. The number of rotatable bonds is 5. The van der Waals surface area contributed by atoms with Crippen molar-refractivity contribution in [3.63, 3.8) is 0 Å². The summed E-state index contributed by atoms with van der Waals surface area (Å²) in [5.74, 6) is 0.948. The van der Waals surface area contributed by atoms with Crippen LogP contribution in [0.5, 0.6) is 0 Å². The van der Waals surface area contributed by atoms with Gasteiger partial charge in [-0.1, -0.05) is 5.16 Å². The molecule has 0 saturated heterocycles. The second kappa shape index (κ2) is 7.17. The number of carboxylic acids is 1. The minimum Gasteiger partial charge on any atom is -0.478 e. The summed E-state index contributed by atoms with van der Waals surface area (Å²) < 4.78 is 17.6. The van der Waals surface area contributed by atoms with Crippen molar-refractivity contribution in [1.29, 1.82) is 0 Å². The number of aromatic nitrogens is 2. The number of amides is 1. The van der Waals surface area contributed by atoms with Gasteiger partial charge in [-0.25, -0.2) is 4.79 Å². The van der Waals surface area contributed by atoms with Crippen molar-refractivity contribution in [1.82, 2.24) is 10.1 Å². The largest absolute Gasteiger partial charge is 0.478 e. The van der Waals surface area contributed by atoms with Gasteiger partial charge in [0.05, 0.1) is 11.3 Å². The molecule has 3 aliphatic rings. The van der Waals surface area contributed by atoms with Gasteiger partial charge in [0.15, 0.2) is 5.82 Å². The lowest BCUT2D eigenvalue weighted by Crippen LogP contribution is -2.16. The Morgan fingerprint density at radius 3 is 2.76 bits per heavy atom. The molecule has 29 heavy (non-hydrogen) atoms. The number of carbonyl (C=O) groups excluding carboxylic acids is 1. The predicted molar refractivity (Wildman–Crippen MR) is 107 cm³/mol. The van der Waals surface area contributed by atoms with Gasteiger partial charge in [-0.05, 0) is 44.1 Å². The number of fused-ring (bicyclic) bond motifs is 1. The molecule has 152 valence electrons. The number of nitrogens with zero attached hydrogens (tertiary/aromatic N) is 2. The maximum atomic E-state index is 12.9. The summed E-state index contributed by atoms with van der Waals surface area (Å²) in [6, 6.07) is 0. The van der Waals surface area contributed by atoms with E-state index in [2.05, 4.69) is 15.5 Å². The highest BCUT2D eigenvalue weighted by molar-refractivity contribution is 7.84. The third-order valence-corrected chi connectivity index (χ3v) is 8.14. The fourth-order valence-corrected chi connectivity index (χ4v) is 6.60. The summed E-state index contributed by atoms with van der Waals surface area (Å²) in [5.41, 5.74) is 2.20. The summed E-state index contributed by atoms with van der Waals surface area (Å²) >= 11 is 1.37. The van der Waals surface area contributed by atoms with Gasteiger partial charge in [-0.2, -0.15) is 4.98 Å². The summed E-state index contributed by atoms with van der Waals surface area (Å²) in [6.07, 6.45) is 4.23. The molecule has 1 fully saturated rings. The van der Waals surface area contributed by atoms with Gasteiger partial charge in [0.1, 0.15) is 5.00 Å². The molecule has 1 atom stereocenters. The van der Waals surface area contributed by atoms with E-state index < -0.39 is 22.7 Å². The Morgan fingerprint density at radius 1 is 1.21 bits per heavy atom. The van der Waals surface area contributed by atoms with Gasteiger partial charge in [0.25, 0.3) is 11.8 Å². The number of nitrogens with one attached hydrogen (secondary N) is 1. The van der Waals surface area contributed by atoms with Crippen LogP contribution in [0.1, 0.15) is 54.3 Å². The molecule has 0 aromatic carbocycles. The topological polar surface area (TPSA) is 122 Å². The molecule has 5 rings (SSSR count). The van der Waals surface area contributed by atoms with Crippen LogP contribution in [0, 0.1) is 0 Å². The second-order valence-corrected chi connectivity index (χ2v) is 10.2. The number of carbonyl (C=O) groups is 2. The van der Waals surface area contributed by atoms with Crippen LogP contribution in [0.4, 0.5) is 5.00 Å². The molecule has 0 radical (unpaired) electrons. The van der Waals surface area contributed by atoms with Crippen molar-refractivity contribution in [3.8, 4) is 11.5 Å². The van der Waals surface area contributed by atoms with Crippen molar-refractivity contribution >= 4 is 39.0 Å². The zero-order valence-electron chi connectivity index (χ0n) is 15.5. The minimum atomic E-state index is -1.04. The van der Waals surface area contributed by atoms with Crippen molar-refractivity contribution < 1.29 is 23.4 Å². The monoisotopic (exact) mass is 433 g/mol. The number of thiophene rings is 1. The Labute approximate surface area is 172 Å². The highest BCUT2D eigenvalue weighted by atomic mass is 32.2. The molecule has 0 spiro atoms. The fourth-order valence-electron chi connectivity index (χ4n) is 3.89. The normalized spacial score (nSPS) is 21.3. The average Bonchev–Trinajstić information content (AvgIpc) is 3.10. The van der Waals surface area contributed by atoms with Gasteiger partial charge in [-0.15, -0.1) is 11.3 Å². The fraction of sp³-hybridized carbons (Fsp3) is 0.474. The number of hydrogen-bond acceptors (Lipinski definition) is 7. The number of aliphatic carboxylic acids is 1. The summed E-state index contributed by atoms with van der Waals surface area (Å²) in [6.45, 7) is 0. The van der Waals surface area contributed by atoms with Gasteiger partial charge in [0, 0.05) is 38.5 Å². The molecule has 1 unspecified atom stereocenters. The smallest absolute Gasteiger partial charge is 0.332 e. The Kier molecular flexibility index (Phi) is 4.62. The molecule has 2 aliphatic carbocycles. The highest BCUT2D eigenvalue weighted by Gasteiger charge is 2.33. The first-order chi connectivity index (χ1) is 14.0. The number of hydrogen-bond donors (Lipinski definition) is 2. The third kappa shape index (κ3) is 3.44. The van der Waals surface area contributed by atoms with E-state index in [0.29, 0.717) is 71.0 Å². The summed E-state index contributed by atoms with van der Waals surface area (Å²) in [4.78, 5) is 29.8. The van der Waals surface area contributed by atoms with E-state index in [4.69, 9.17) is 4.52 Å². The summed E-state index contributed by atoms with van der Waals surface area (Å²) in [7, 11) is -0.928. The van der Waals surface area contributed by atoms with Crippen LogP contribution in [0.2, 0.25) is 0 Å². The zero-order valence-corrected chi connectivity index (χ0v) is 17.2. The van der Waals surface area contributed by atoms with Gasteiger partial charge in [0.2, 0.25) is 0 Å². The van der Waals surface area contributed by atoms with E-state index >= 15 is 0 Å². The lowest BCUT2D eigenvalue weighted by molar-refractivity contribution is -0.133. The number of carboxylic acid groups (broad SMARTS) is 1. The Balaban J connectivity index is 1.53. The van der Waals surface area contributed by atoms with Crippen molar-refractivity contribution in [2.45, 2.75) is 50.2 Å². The quantitative estimate of drug-likeness (QED) is 0.743. The predicted octanol–water partition coefficient (Wildman–Crippen LogP) is 2.98. The van der Waals surface area contributed by atoms with Crippen LogP contribution >= 0.6 is 11.3 Å².